The quantitative estimate of drug-likeness (QED) is 0.516. The van der Waals surface area contributed by atoms with Crippen molar-refractivity contribution in [3.8, 4) is 11.3 Å². The minimum absolute atomic E-state index is 0.0979. The van der Waals surface area contributed by atoms with E-state index in [1.54, 1.807) is 24.0 Å². The van der Waals surface area contributed by atoms with E-state index < -0.39 is 5.91 Å². The number of amides is 2. The van der Waals surface area contributed by atoms with Crippen molar-refractivity contribution in [2.24, 2.45) is 5.73 Å². The van der Waals surface area contributed by atoms with Crippen LogP contribution in [0, 0.1) is 0 Å². The van der Waals surface area contributed by atoms with Crippen molar-refractivity contribution in [1.82, 2.24) is 9.97 Å². The SMILES string of the molecule is NC(=O)c1cc(-c2csc(NC(=O)CCSc3ccc(Cl)cc3)n2)c[nH]1. The van der Waals surface area contributed by atoms with Crippen LogP contribution in [0.3, 0.4) is 0 Å². The zero-order chi connectivity index (χ0) is 18.5. The Balaban J connectivity index is 1.50. The number of thioether (sulfide) groups is 1. The number of aromatic amines is 1. The van der Waals surface area contributed by atoms with Gasteiger partial charge < -0.3 is 16.0 Å². The molecule has 0 saturated heterocycles. The van der Waals surface area contributed by atoms with Gasteiger partial charge >= 0.3 is 0 Å². The monoisotopic (exact) mass is 406 g/mol. The number of aromatic nitrogens is 2. The van der Waals surface area contributed by atoms with E-state index in [1.807, 2.05) is 29.6 Å². The molecule has 3 rings (SSSR count). The number of hydrogen-bond acceptors (Lipinski definition) is 5. The molecule has 0 saturated carbocycles. The van der Waals surface area contributed by atoms with Gasteiger partial charge in [0.1, 0.15) is 5.69 Å². The van der Waals surface area contributed by atoms with E-state index in [0.717, 1.165) is 10.5 Å². The van der Waals surface area contributed by atoms with E-state index in [4.69, 9.17) is 17.3 Å². The summed E-state index contributed by atoms with van der Waals surface area (Å²) >= 11 is 8.76. The summed E-state index contributed by atoms with van der Waals surface area (Å²) in [6.45, 7) is 0. The molecule has 0 aliphatic carbocycles. The van der Waals surface area contributed by atoms with Crippen molar-refractivity contribution in [2.75, 3.05) is 11.1 Å². The van der Waals surface area contributed by atoms with Crippen LogP contribution in [0.25, 0.3) is 11.3 Å². The molecule has 1 aromatic carbocycles. The normalized spacial score (nSPS) is 10.7. The van der Waals surface area contributed by atoms with Gasteiger partial charge in [-0.2, -0.15) is 0 Å². The molecule has 0 spiro atoms. The summed E-state index contributed by atoms with van der Waals surface area (Å²) in [4.78, 5) is 31.4. The summed E-state index contributed by atoms with van der Waals surface area (Å²) in [7, 11) is 0. The Morgan fingerprint density at radius 2 is 2.08 bits per heavy atom. The molecule has 6 nitrogen and oxygen atoms in total. The molecule has 2 amide bonds. The summed E-state index contributed by atoms with van der Waals surface area (Å²) in [6, 6.07) is 9.13. The van der Waals surface area contributed by atoms with Crippen molar-refractivity contribution in [2.45, 2.75) is 11.3 Å². The molecule has 2 aromatic heterocycles. The second-order valence-corrected chi connectivity index (χ2v) is 7.77. The predicted octanol–water partition coefficient (Wildman–Crippen LogP) is 4.01. The van der Waals surface area contributed by atoms with E-state index in [2.05, 4.69) is 15.3 Å². The zero-order valence-electron chi connectivity index (χ0n) is 13.5. The smallest absolute Gasteiger partial charge is 0.265 e. The third-order valence-corrected chi connectivity index (χ3v) is 5.43. The first kappa shape index (κ1) is 18.5. The number of carbonyl (C=O) groups excluding carboxylic acids is 2. The van der Waals surface area contributed by atoms with Crippen LogP contribution in [0.2, 0.25) is 5.02 Å². The van der Waals surface area contributed by atoms with Crippen molar-refractivity contribution < 1.29 is 9.59 Å². The average molecular weight is 407 g/mol. The highest BCUT2D eigenvalue weighted by Gasteiger charge is 2.11. The van der Waals surface area contributed by atoms with Crippen LogP contribution in [0.15, 0.2) is 46.8 Å². The maximum Gasteiger partial charge on any atom is 0.265 e. The summed E-state index contributed by atoms with van der Waals surface area (Å²) in [5, 5.41) is 5.81. The lowest BCUT2D eigenvalue weighted by atomic mass is 10.2. The molecule has 9 heteroatoms. The number of benzene rings is 1. The molecule has 26 heavy (non-hydrogen) atoms. The van der Waals surface area contributed by atoms with Gasteiger partial charge in [-0.15, -0.1) is 23.1 Å². The number of H-pyrrole nitrogens is 1. The minimum atomic E-state index is -0.529. The standard InChI is InChI=1S/C17H15ClN4O2S2/c18-11-1-3-12(4-2-11)25-6-5-15(23)22-17-21-14(9-26-17)10-7-13(16(19)24)20-8-10/h1-4,7-9,20H,5-6H2,(H2,19,24)(H,21,22,23). The lowest BCUT2D eigenvalue weighted by Gasteiger charge is -2.02. The number of hydrogen-bond donors (Lipinski definition) is 3. The Morgan fingerprint density at radius 3 is 2.77 bits per heavy atom. The first-order valence-electron chi connectivity index (χ1n) is 7.63. The number of nitrogens with two attached hydrogens (primary N) is 1. The van der Waals surface area contributed by atoms with E-state index in [1.165, 1.54) is 11.3 Å². The molecule has 0 atom stereocenters. The third-order valence-electron chi connectivity index (χ3n) is 3.41. The number of anilines is 1. The second-order valence-electron chi connectivity index (χ2n) is 5.30. The van der Waals surface area contributed by atoms with Crippen molar-refractivity contribution in [3.05, 3.63) is 52.6 Å². The second kappa shape index (κ2) is 8.39. The topological polar surface area (TPSA) is 101 Å². The molecule has 0 aliphatic heterocycles. The highest BCUT2D eigenvalue weighted by atomic mass is 35.5. The molecule has 3 aromatic rings. The highest BCUT2D eigenvalue weighted by Crippen LogP contribution is 2.26. The molecule has 0 radical (unpaired) electrons. The van der Waals surface area contributed by atoms with Crippen LogP contribution in [0.4, 0.5) is 5.13 Å². The molecule has 0 fully saturated rings. The molecular weight excluding hydrogens is 392 g/mol. The summed E-state index contributed by atoms with van der Waals surface area (Å²) in [5.74, 6) is 0.0309. The van der Waals surface area contributed by atoms with Crippen LogP contribution in [0.5, 0.6) is 0 Å². The average Bonchev–Trinajstić information content (AvgIpc) is 3.26. The Hall–Kier alpha value is -2.29. The van der Waals surface area contributed by atoms with Crippen LogP contribution in [-0.2, 0) is 4.79 Å². The van der Waals surface area contributed by atoms with E-state index in [-0.39, 0.29) is 5.91 Å². The van der Waals surface area contributed by atoms with E-state index in [0.29, 0.717) is 33.7 Å². The van der Waals surface area contributed by atoms with Gasteiger partial charge in [-0.05, 0) is 30.3 Å². The molecule has 0 aliphatic rings. The fraction of sp³-hybridized carbons (Fsp3) is 0.118. The first-order chi connectivity index (χ1) is 12.5. The van der Waals surface area contributed by atoms with E-state index in [9.17, 15) is 9.59 Å². The number of halogens is 1. The first-order valence-corrected chi connectivity index (χ1v) is 9.88. The van der Waals surface area contributed by atoms with Crippen molar-refractivity contribution >= 4 is 51.6 Å². The predicted molar refractivity (Wildman–Crippen MR) is 106 cm³/mol. The fourth-order valence-corrected chi connectivity index (χ4v) is 3.84. The maximum absolute atomic E-state index is 12.0. The number of primary amides is 1. The van der Waals surface area contributed by atoms with Crippen LogP contribution >= 0.6 is 34.7 Å². The van der Waals surface area contributed by atoms with Gasteiger partial charge in [0, 0.05) is 39.2 Å². The molecule has 134 valence electrons. The summed E-state index contributed by atoms with van der Waals surface area (Å²) in [6.07, 6.45) is 2.03. The molecule has 2 heterocycles. The molecule has 0 unspecified atom stereocenters. The molecule has 4 N–H and O–H groups in total. The Morgan fingerprint density at radius 1 is 1.31 bits per heavy atom. The Kier molecular flexibility index (Phi) is 5.97. The van der Waals surface area contributed by atoms with Crippen LogP contribution < -0.4 is 11.1 Å². The Bertz CT molecular complexity index is 921. The summed E-state index contributed by atoms with van der Waals surface area (Å²) < 4.78 is 0. The van der Waals surface area contributed by atoms with Gasteiger partial charge in [0.15, 0.2) is 5.13 Å². The Labute approximate surface area is 163 Å². The number of nitrogens with zero attached hydrogens (tertiary/aromatic N) is 1. The van der Waals surface area contributed by atoms with Crippen molar-refractivity contribution in [3.63, 3.8) is 0 Å². The molecular formula is C17H15ClN4O2S2. The minimum Gasteiger partial charge on any atom is -0.364 e. The van der Waals surface area contributed by atoms with Gasteiger partial charge in [-0.25, -0.2) is 4.98 Å². The van der Waals surface area contributed by atoms with Gasteiger partial charge in [0.05, 0.1) is 5.69 Å². The van der Waals surface area contributed by atoms with Crippen LogP contribution in [-0.4, -0.2) is 27.5 Å². The fourth-order valence-electron chi connectivity index (χ4n) is 2.12. The summed E-state index contributed by atoms with van der Waals surface area (Å²) in [5.41, 5.74) is 6.95. The number of carbonyl (C=O) groups is 2. The zero-order valence-corrected chi connectivity index (χ0v) is 15.9. The highest BCUT2D eigenvalue weighted by molar-refractivity contribution is 7.99. The number of rotatable bonds is 7. The van der Waals surface area contributed by atoms with Gasteiger partial charge in [0.2, 0.25) is 5.91 Å². The van der Waals surface area contributed by atoms with Gasteiger partial charge in [0.25, 0.3) is 5.91 Å². The van der Waals surface area contributed by atoms with Crippen molar-refractivity contribution in [1.29, 1.82) is 0 Å². The molecule has 0 bridgehead atoms. The van der Waals surface area contributed by atoms with Gasteiger partial charge in [-0.3, -0.25) is 9.59 Å². The lowest BCUT2D eigenvalue weighted by molar-refractivity contribution is -0.115. The van der Waals surface area contributed by atoms with Gasteiger partial charge in [-0.1, -0.05) is 11.6 Å². The van der Waals surface area contributed by atoms with Crippen LogP contribution in [0.1, 0.15) is 16.9 Å². The third kappa shape index (κ3) is 4.87. The van der Waals surface area contributed by atoms with E-state index >= 15 is 0 Å². The maximum atomic E-state index is 12.0. The number of nitrogens with one attached hydrogen (secondary N) is 2. The number of thiazole rings is 1. The largest absolute Gasteiger partial charge is 0.364 e. The lowest BCUT2D eigenvalue weighted by Crippen LogP contribution is -2.11.